The second-order valence-electron chi connectivity index (χ2n) is 4.91. The normalized spacial score (nSPS) is 20.2. The third-order valence-electron chi connectivity index (χ3n) is 3.31. The van der Waals surface area contributed by atoms with Crippen LogP contribution in [0.15, 0.2) is 52.2 Å². The van der Waals surface area contributed by atoms with Crippen molar-refractivity contribution < 1.29 is 0 Å². The minimum Gasteiger partial charge on any atom is -0.361 e. The summed E-state index contributed by atoms with van der Waals surface area (Å²) in [7, 11) is 0. The van der Waals surface area contributed by atoms with Crippen LogP contribution in [0, 0.1) is 0 Å². The number of aliphatic imine (C=N–C) groups is 1. The van der Waals surface area contributed by atoms with Crippen LogP contribution in [0.3, 0.4) is 0 Å². The molecular formula is C16H18N2S2. The van der Waals surface area contributed by atoms with Crippen molar-refractivity contribution in [3.8, 4) is 0 Å². The summed E-state index contributed by atoms with van der Waals surface area (Å²) in [5.41, 5.74) is 2.79. The van der Waals surface area contributed by atoms with Gasteiger partial charge in [-0.2, -0.15) is 11.3 Å². The smallest absolute Gasteiger partial charge is 0.156 e. The second-order valence-corrected chi connectivity index (χ2v) is 6.70. The van der Waals surface area contributed by atoms with E-state index in [1.807, 2.05) is 11.8 Å². The summed E-state index contributed by atoms with van der Waals surface area (Å²) in [5.74, 6) is 1.12. The first-order chi connectivity index (χ1) is 9.90. The Hall–Kier alpha value is -1.26. The van der Waals surface area contributed by atoms with E-state index in [2.05, 4.69) is 57.5 Å². The molecule has 104 valence electrons. The van der Waals surface area contributed by atoms with Crippen LogP contribution < -0.4 is 5.32 Å². The standard InChI is InChI=1S/C16H18N2S2/c1-2-4-13(5-3-1)10-15-12-20-16(18-15)17-8-6-14-7-9-19-11-14/h1-5,7,9,11,15H,6,8,10,12H2,(H,17,18). The molecule has 0 bridgehead atoms. The van der Waals surface area contributed by atoms with Crippen molar-refractivity contribution in [3.05, 3.63) is 58.3 Å². The molecular weight excluding hydrogens is 284 g/mol. The lowest BCUT2D eigenvalue weighted by Gasteiger charge is -2.09. The number of thioether (sulfide) groups is 1. The summed E-state index contributed by atoms with van der Waals surface area (Å²) in [4.78, 5) is 4.66. The monoisotopic (exact) mass is 302 g/mol. The van der Waals surface area contributed by atoms with Gasteiger partial charge in [0.1, 0.15) is 0 Å². The maximum absolute atomic E-state index is 4.66. The fourth-order valence-corrected chi connectivity index (χ4v) is 3.95. The Morgan fingerprint density at radius 1 is 1.15 bits per heavy atom. The van der Waals surface area contributed by atoms with E-state index in [0.717, 1.165) is 30.3 Å². The molecule has 1 aliphatic heterocycles. The number of benzene rings is 1. The SMILES string of the molecule is c1ccc(CC2CSC(=NCCc3ccsc3)N2)cc1. The highest BCUT2D eigenvalue weighted by molar-refractivity contribution is 8.14. The van der Waals surface area contributed by atoms with Crippen LogP contribution in [0.25, 0.3) is 0 Å². The fourth-order valence-electron chi connectivity index (χ4n) is 2.26. The van der Waals surface area contributed by atoms with E-state index in [0.29, 0.717) is 6.04 Å². The van der Waals surface area contributed by atoms with Gasteiger partial charge >= 0.3 is 0 Å². The zero-order valence-corrected chi connectivity index (χ0v) is 12.9. The summed E-state index contributed by atoms with van der Waals surface area (Å²) in [6, 6.07) is 13.4. The lowest BCUT2D eigenvalue weighted by atomic mass is 10.1. The largest absolute Gasteiger partial charge is 0.361 e. The van der Waals surface area contributed by atoms with Crippen molar-refractivity contribution in [2.24, 2.45) is 4.99 Å². The molecule has 1 aromatic carbocycles. The van der Waals surface area contributed by atoms with Crippen molar-refractivity contribution >= 4 is 28.3 Å². The van der Waals surface area contributed by atoms with Gasteiger partial charge in [-0.1, -0.05) is 42.1 Å². The van der Waals surface area contributed by atoms with Gasteiger partial charge in [-0.3, -0.25) is 4.99 Å². The zero-order chi connectivity index (χ0) is 13.6. The summed E-state index contributed by atoms with van der Waals surface area (Å²) in [5, 5.41) is 8.98. The fraction of sp³-hybridized carbons (Fsp3) is 0.312. The van der Waals surface area contributed by atoms with Gasteiger partial charge in [0.2, 0.25) is 0 Å². The first-order valence-corrected chi connectivity index (χ1v) is 8.82. The number of rotatable bonds is 5. The Kier molecular flexibility index (Phi) is 4.77. The molecule has 1 aliphatic rings. The predicted octanol–water partition coefficient (Wildman–Crippen LogP) is 3.59. The molecule has 0 radical (unpaired) electrons. The molecule has 2 nitrogen and oxygen atoms in total. The third kappa shape index (κ3) is 3.87. The van der Waals surface area contributed by atoms with E-state index < -0.39 is 0 Å². The third-order valence-corrected chi connectivity index (χ3v) is 5.13. The Morgan fingerprint density at radius 2 is 2.05 bits per heavy atom. The van der Waals surface area contributed by atoms with Crippen LogP contribution >= 0.6 is 23.1 Å². The van der Waals surface area contributed by atoms with Gasteiger partial charge in [0, 0.05) is 18.3 Å². The molecule has 1 aromatic heterocycles. The van der Waals surface area contributed by atoms with Gasteiger partial charge in [-0.25, -0.2) is 0 Å². The van der Waals surface area contributed by atoms with Crippen molar-refractivity contribution in [1.82, 2.24) is 5.32 Å². The van der Waals surface area contributed by atoms with Crippen LogP contribution in [0.1, 0.15) is 11.1 Å². The zero-order valence-electron chi connectivity index (χ0n) is 11.3. The quantitative estimate of drug-likeness (QED) is 0.912. The minimum absolute atomic E-state index is 0.516. The van der Waals surface area contributed by atoms with E-state index in [-0.39, 0.29) is 0 Å². The van der Waals surface area contributed by atoms with Crippen molar-refractivity contribution in [1.29, 1.82) is 0 Å². The Bertz CT molecular complexity index is 549. The molecule has 1 N–H and O–H groups in total. The molecule has 3 rings (SSSR count). The van der Waals surface area contributed by atoms with E-state index >= 15 is 0 Å². The molecule has 20 heavy (non-hydrogen) atoms. The molecule has 2 aromatic rings. The molecule has 0 aliphatic carbocycles. The molecule has 4 heteroatoms. The lowest BCUT2D eigenvalue weighted by Crippen LogP contribution is -2.29. The van der Waals surface area contributed by atoms with Crippen molar-refractivity contribution in [2.75, 3.05) is 12.3 Å². The minimum atomic E-state index is 0.516. The number of hydrogen-bond donors (Lipinski definition) is 1. The average molecular weight is 302 g/mol. The second kappa shape index (κ2) is 6.95. The molecule has 1 unspecified atom stereocenters. The highest BCUT2D eigenvalue weighted by atomic mass is 32.2. The molecule has 1 atom stereocenters. The van der Waals surface area contributed by atoms with Crippen LogP contribution in [0.4, 0.5) is 0 Å². The maximum atomic E-state index is 4.66. The van der Waals surface area contributed by atoms with E-state index in [4.69, 9.17) is 0 Å². The van der Waals surface area contributed by atoms with E-state index in [9.17, 15) is 0 Å². The summed E-state index contributed by atoms with van der Waals surface area (Å²) < 4.78 is 0. The lowest BCUT2D eigenvalue weighted by molar-refractivity contribution is 0.686. The van der Waals surface area contributed by atoms with Gasteiger partial charge in [0.15, 0.2) is 5.17 Å². The van der Waals surface area contributed by atoms with Gasteiger partial charge in [0.25, 0.3) is 0 Å². The van der Waals surface area contributed by atoms with Crippen molar-refractivity contribution in [3.63, 3.8) is 0 Å². The summed E-state index contributed by atoms with van der Waals surface area (Å²) in [6.45, 7) is 0.879. The van der Waals surface area contributed by atoms with Crippen LogP contribution in [-0.4, -0.2) is 23.5 Å². The molecule has 0 spiro atoms. The highest BCUT2D eigenvalue weighted by Gasteiger charge is 2.19. The first-order valence-electron chi connectivity index (χ1n) is 6.89. The van der Waals surface area contributed by atoms with Crippen LogP contribution in [0.5, 0.6) is 0 Å². The van der Waals surface area contributed by atoms with Crippen molar-refractivity contribution in [2.45, 2.75) is 18.9 Å². The van der Waals surface area contributed by atoms with Crippen LogP contribution in [-0.2, 0) is 12.8 Å². The predicted molar refractivity (Wildman–Crippen MR) is 89.9 cm³/mol. The molecule has 1 fully saturated rings. The Morgan fingerprint density at radius 3 is 2.85 bits per heavy atom. The first kappa shape index (κ1) is 13.7. The Balaban J connectivity index is 1.47. The van der Waals surface area contributed by atoms with Gasteiger partial charge in [0.05, 0.1) is 0 Å². The molecule has 0 saturated carbocycles. The highest BCUT2D eigenvalue weighted by Crippen LogP contribution is 2.17. The topological polar surface area (TPSA) is 24.4 Å². The van der Waals surface area contributed by atoms with E-state index in [1.165, 1.54) is 11.1 Å². The van der Waals surface area contributed by atoms with Gasteiger partial charge < -0.3 is 5.32 Å². The van der Waals surface area contributed by atoms with Gasteiger partial charge in [-0.05, 0) is 40.8 Å². The summed E-state index contributed by atoms with van der Waals surface area (Å²) in [6.07, 6.45) is 2.12. The molecule has 1 saturated heterocycles. The maximum Gasteiger partial charge on any atom is 0.156 e. The number of amidine groups is 1. The number of nitrogens with one attached hydrogen (secondary N) is 1. The average Bonchev–Trinajstić information content (AvgIpc) is 3.12. The number of hydrogen-bond acceptors (Lipinski definition) is 3. The Labute approximate surface area is 128 Å². The number of thiophene rings is 1. The van der Waals surface area contributed by atoms with Crippen LogP contribution in [0.2, 0.25) is 0 Å². The van der Waals surface area contributed by atoms with E-state index in [1.54, 1.807) is 11.3 Å². The summed E-state index contributed by atoms with van der Waals surface area (Å²) >= 11 is 3.60. The molecule has 2 heterocycles. The molecule has 0 amide bonds. The number of nitrogens with zero attached hydrogens (tertiary/aromatic N) is 1. The van der Waals surface area contributed by atoms with Gasteiger partial charge in [-0.15, -0.1) is 0 Å².